The van der Waals surface area contributed by atoms with Gasteiger partial charge in [0.2, 0.25) is 6.08 Å². The van der Waals surface area contributed by atoms with Crippen molar-refractivity contribution in [2.75, 3.05) is 13.7 Å². The molecule has 0 aliphatic carbocycles. The van der Waals surface area contributed by atoms with Gasteiger partial charge in [-0.25, -0.2) is 9.79 Å². The highest BCUT2D eigenvalue weighted by Crippen LogP contribution is 2.34. The largest absolute Gasteiger partial charge is 0.496 e. The normalized spacial score (nSPS) is 12.1. The van der Waals surface area contributed by atoms with Crippen LogP contribution in [0.2, 0.25) is 0 Å². The molecule has 0 aromatic heterocycles. The van der Waals surface area contributed by atoms with Crippen LogP contribution in [0.25, 0.3) is 0 Å². The van der Waals surface area contributed by atoms with Gasteiger partial charge in [-0.1, -0.05) is 29.8 Å². The molecule has 1 rings (SSSR count). The first-order valence-electron chi connectivity index (χ1n) is 5.47. The van der Waals surface area contributed by atoms with Crippen LogP contribution in [0.3, 0.4) is 0 Å². The Bertz CT molecular complexity index is 425. The van der Waals surface area contributed by atoms with E-state index in [-0.39, 0.29) is 5.92 Å². The maximum atomic E-state index is 10.3. The summed E-state index contributed by atoms with van der Waals surface area (Å²) in [5.41, 5.74) is 1.07. The molecule has 0 spiro atoms. The molecule has 1 atom stereocenters. The minimum atomic E-state index is 0.156. The van der Waals surface area contributed by atoms with Crippen molar-refractivity contribution in [3.63, 3.8) is 0 Å². The molecule has 0 N–H and O–H groups in total. The fourth-order valence-corrected chi connectivity index (χ4v) is 2.18. The smallest absolute Gasteiger partial charge is 0.234 e. The second-order valence-corrected chi connectivity index (χ2v) is 5.08. The molecule has 17 heavy (non-hydrogen) atoms. The van der Waals surface area contributed by atoms with Gasteiger partial charge in [-0.05, 0) is 24.1 Å². The average molecular weight is 298 g/mol. The molecule has 1 aromatic rings. The molecular weight excluding hydrogens is 282 g/mol. The van der Waals surface area contributed by atoms with Crippen molar-refractivity contribution < 1.29 is 9.53 Å². The molecule has 0 bridgehead atoms. The first-order chi connectivity index (χ1) is 8.10. The SMILES string of the molecule is COc1ccc(Br)cc1C(CN=C=O)C(C)C. The van der Waals surface area contributed by atoms with E-state index in [1.165, 1.54) is 0 Å². The topological polar surface area (TPSA) is 38.7 Å². The van der Waals surface area contributed by atoms with E-state index in [4.69, 9.17) is 4.74 Å². The van der Waals surface area contributed by atoms with Gasteiger partial charge in [0.25, 0.3) is 0 Å². The molecule has 1 unspecified atom stereocenters. The third kappa shape index (κ3) is 3.69. The molecule has 1 aromatic carbocycles. The van der Waals surface area contributed by atoms with E-state index in [1.807, 2.05) is 18.2 Å². The van der Waals surface area contributed by atoms with E-state index >= 15 is 0 Å². The van der Waals surface area contributed by atoms with Gasteiger partial charge in [0.1, 0.15) is 5.75 Å². The lowest BCUT2D eigenvalue weighted by Crippen LogP contribution is -2.11. The lowest BCUT2D eigenvalue weighted by molar-refractivity contribution is 0.395. The van der Waals surface area contributed by atoms with E-state index in [0.29, 0.717) is 12.5 Å². The monoisotopic (exact) mass is 297 g/mol. The zero-order valence-corrected chi connectivity index (χ0v) is 11.8. The molecule has 3 nitrogen and oxygen atoms in total. The molecule has 0 amide bonds. The van der Waals surface area contributed by atoms with Gasteiger partial charge >= 0.3 is 0 Å². The maximum Gasteiger partial charge on any atom is 0.234 e. The van der Waals surface area contributed by atoms with Crippen LogP contribution in [0, 0.1) is 5.92 Å². The van der Waals surface area contributed by atoms with Gasteiger partial charge in [-0.15, -0.1) is 0 Å². The Morgan fingerprint density at radius 1 is 1.47 bits per heavy atom. The Labute approximate surface area is 110 Å². The molecular formula is C13H16BrNO2. The van der Waals surface area contributed by atoms with E-state index in [9.17, 15) is 4.79 Å². The average Bonchev–Trinajstić information content (AvgIpc) is 2.29. The van der Waals surface area contributed by atoms with Crippen molar-refractivity contribution in [1.29, 1.82) is 0 Å². The molecule has 0 radical (unpaired) electrons. The van der Waals surface area contributed by atoms with Crippen molar-refractivity contribution in [3.8, 4) is 5.75 Å². The van der Waals surface area contributed by atoms with Crippen molar-refractivity contribution in [2.45, 2.75) is 19.8 Å². The van der Waals surface area contributed by atoms with Gasteiger partial charge in [0.05, 0.1) is 13.7 Å². The number of aliphatic imine (C=N–C) groups is 1. The second-order valence-electron chi connectivity index (χ2n) is 4.17. The Morgan fingerprint density at radius 2 is 2.18 bits per heavy atom. The Balaban J connectivity index is 3.15. The minimum Gasteiger partial charge on any atom is -0.496 e. The first kappa shape index (κ1) is 13.9. The molecule has 0 aliphatic heterocycles. The fourth-order valence-electron chi connectivity index (χ4n) is 1.80. The van der Waals surface area contributed by atoms with Gasteiger partial charge in [0, 0.05) is 16.0 Å². The summed E-state index contributed by atoms with van der Waals surface area (Å²) in [6.45, 7) is 4.64. The number of hydrogen-bond acceptors (Lipinski definition) is 3. The van der Waals surface area contributed by atoms with Crippen LogP contribution in [-0.2, 0) is 4.79 Å². The molecule has 0 aliphatic rings. The van der Waals surface area contributed by atoms with E-state index in [0.717, 1.165) is 15.8 Å². The predicted molar refractivity (Wildman–Crippen MR) is 71.3 cm³/mol. The number of isocyanates is 1. The summed E-state index contributed by atoms with van der Waals surface area (Å²) in [6, 6.07) is 5.87. The number of carbonyl (C=O) groups excluding carboxylic acids is 1. The lowest BCUT2D eigenvalue weighted by atomic mass is 9.88. The molecule has 92 valence electrons. The Hall–Kier alpha value is -1.12. The fraction of sp³-hybridized carbons (Fsp3) is 0.462. The van der Waals surface area contributed by atoms with Crippen molar-refractivity contribution in [3.05, 3.63) is 28.2 Å². The Morgan fingerprint density at radius 3 is 2.71 bits per heavy atom. The zero-order valence-electron chi connectivity index (χ0n) is 10.2. The highest BCUT2D eigenvalue weighted by molar-refractivity contribution is 9.10. The van der Waals surface area contributed by atoms with E-state index in [1.54, 1.807) is 13.2 Å². The second kappa shape index (κ2) is 6.58. The van der Waals surface area contributed by atoms with E-state index in [2.05, 4.69) is 34.8 Å². The van der Waals surface area contributed by atoms with Gasteiger partial charge in [-0.3, -0.25) is 0 Å². The minimum absolute atomic E-state index is 0.156. The van der Waals surface area contributed by atoms with Crippen molar-refractivity contribution in [2.24, 2.45) is 10.9 Å². The molecule has 0 saturated carbocycles. The Kier molecular flexibility index (Phi) is 5.39. The number of halogens is 1. The number of benzene rings is 1. The summed E-state index contributed by atoms with van der Waals surface area (Å²) < 4.78 is 6.34. The quantitative estimate of drug-likeness (QED) is 0.616. The molecule has 4 heteroatoms. The third-order valence-corrected chi connectivity index (χ3v) is 3.24. The number of rotatable bonds is 5. The highest BCUT2D eigenvalue weighted by atomic mass is 79.9. The van der Waals surface area contributed by atoms with Gasteiger partial charge in [-0.2, -0.15) is 0 Å². The molecule has 0 saturated heterocycles. The van der Waals surface area contributed by atoms with E-state index < -0.39 is 0 Å². The number of methoxy groups -OCH3 is 1. The summed E-state index contributed by atoms with van der Waals surface area (Å²) >= 11 is 3.45. The highest BCUT2D eigenvalue weighted by Gasteiger charge is 2.19. The molecule has 0 heterocycles. The number of nitrogens with zero attached hydrogens (tertiary/aromatic N) is 1. The lowest BCUT2D eigenvalue weighted by Gasteiger charge is -2.21. The van der Waals surface area contributed by atoms with Crippen LogP contribution >= 0.6 is 15.9 Å². The summed E-state index contributed by atoms with van der Waals surface area (Å²) in [7, 11) is 1.65. The van der Waals surface area contributed by atoms with Crippen LogP contribution in [0.5, 0.6) is 5.75 Å². The van der Waals surface area contributed by atoms with Gasteiger partial charge < -0.3 is 4.74 Å². The summed E-state index contributed by atoms with van der Waals surface area (Å²) in [5, 5.41) is 0. The standard InChI is InChI=1S/C13H16BrNO2/c1-9(2)12(7-15-8-16)11-6-10(14)4-5-13(11)17-3/h4-6,9,12H,7H2,1-3H3. The third-order valence-electron chi connectivity index (χ3n) is 2.75. The summed E-state index contributed by atoms with van der Waals surface area (Å²) in [4.78, 5) is 14.0. The zero-order chi connectivity index (χ0) is 12.8. The molecule has 0 fully saturated rings. The summed E-state index contributed by atoms with van der Waals surface area (Å²) in [6.07, 6.45) is 1.60. The first-order valence-corrected chi connectivity index (χ1v) is 6.26. The maximum absolute atomic E-state index is 10.3. The van der Waals surface area contributed by atoms with Crippen LogP contribution in [0.1, 0.15) is 25.3 Å². The van der Waals surface area contributed by atoms with Crippen molar-refractivity contribution >= 4 is 22.0 Å². The van der Waals surface area contributed by atoms with Crippen LogP contribution in [0.4, 0.5) is 0 Å². The predicted octanol–water partition coefficient (Wildman–Crippen LogP) is 3.53. The van der Waals surface area contributed by atoms with Gasteiger partial charge in [0.15, 0.2) is 0 Å². The number of ether oxygens (including phenoxy) is 1. The van der Waals surface area contributed by atoms with Crippen LogP contribution in [0.15, 0.2) is 27.7 Å². The van der Waals surface area contributed by atoms with Crippen molar-refractivity contribution in [1.82, 2.24) is 0 Å². The van der Waals surface area contributed by atoms with Crippen LogP contribution in [-0.4, -0.2) is 19.7 Å². The summed E-state index contributed by atoms with van der Waals surface area (Å²) in [5.74, 6) is 1.35. The number of hydrogen-bond donors (Lipinski definition) is 0. The van der Waals surface area contributed by atoms with Crippen LogP contribution < -0.4 is 4.74 Å².